The van der Waals surface area contributed by atoms with Crippen LogP contribution in [0.5, 0.6) is 5.75 Å². The Bertz CT molecular complexity index is 1040. The molecule has 9 heteroatoms. The third-order valence-corrected chi connectivity index (χ3v) is 5.31. The van der Waals surface area contributed by atoms with Crippen molar-refractivity contribution in [2.45, 2.75) is 6.04 Å². The van der Waals surface area contributed by atoms with Crippen LogP contribution in [0.15, 0.2) is 48.7 Å². The van der Waals surface area contributed by atoms with E-state index in [2.05, 4.69) is 15.5 Å². The van der Waals surface area contributed by atoms with E-state index in [-0.39, 0.29) is 11.9 Å². The number of aromatic nitrogens is 2. The Hall–Kier alpha value is -3.59. The molecule has 4 rings (SSSR count). The molecule has 0 radical (unpaired) electrons. The summed E-state index contributed by atoms with van der Waals surface area (Å²) in [6, 6.07) is 11.8. The van der Waals surface area contributed by atoms with E-state index in [1.54, 1.807) is 47.4 Å². The number of nitrogens with zero attached hydrogens (tertiary/aromatic N) is 3. The number of fused-ring (bicyclic) bond motifs is 1. The molecule has 1 aromatic heterocycles. The molecular formula is C21H24N6O3. The van der Waals surface area contributed by atoms with Crippen LogP contribution in [-0.2, 0) is 4.79 Å². The number of rotatable bonds is 4. The van der Waals surface area contributed by atoms with Gasteiger partial charge in [-0.1, -0.05) is 12.1 Å². The summed E-state index contributed by atoms with van der Waals surface area (Å²) in [5.41, 5.74) is 8.51. The number of nitrogens with one attached hydrogen (secondary N) is 2. The Labute approximate surface area is 173 Å². The van der Waals surface area contributed by atoms with Gasteiger partial charge in [0.15, 0.2) is 0 Å². The highest BCUT2D eigenvalue weighted by atomic mass is 16.5. The number of benzene rings is 2. The van der Waals surface area contributed by atoms with Crippen LogP contribution in [0.25, 0.3) is 10.9 Å². The van der Waals surface area contributed by atoms with Crippen molar-refractivity contribution in [1.82, 2.24) is 20.0 Å². The number of hydrogen-bond acceptors (Lipinski definition) is 5. The normalized spacial score (nSPS) is 15.1. The monoisotopic (exact) mass is 408 g/mol. The summed E-state index contributed by atoms with van der Waals surface area (Å²) in [6.45, 7) is 1.77. The lowest BCUT2D eigenvalue weighted by atomic mass is 10.1. The lowest BCUT2D eigenvalue weighted by Gasteiger charge is -2.35. The van der Waals surface area contributed by atoms with Gasteiger partial charge in [0.2, 0.25) is 5.91 Å². The molecule has 1 aliphatic heterocycles. The van der Waals surface area contributed by atoms with E-state index >= 15 is 0 Å². The van der Waals surface area contributed by atoms with E-state index in [9.17, 15) is 9.59 Å². The average molecular weight is 408 g/mol. The molecule has 4 N–H and O–H groups in total. The number of urea groups is 1. The van der Waals surface area contributed by atoms with Crippen LogP contribution in [0.4, 0.5) is 10.5 Å². The lowest BCUT2D eigenvalue weighted by Crippen LogP contribution is -2.53. The Balaban J connectivity index is 1.32. The van der Waals surface area contributed by atoms with Crippen molar-refractivity contribution >= 4 is 28.5 Å². The predicted molar refractivity (Wildman–Crippen MR) is 113 cm³/mol. The summed E-state index contributed by atoms with van der Waals surface area (Å²) in [7, 11) is 1.59. The van der Waals surface area contributed by atoms with E-state index in [0.29, 0.717) is 37.6 Å². The summed E-state index contributed by atoms with van der Waals surface area (Å²) in [5.74, 6) is 0.565. The first-order valence-electron chi connectivity index (χ1n) is 9.72. The maximum absolute atomic E-state index is 12.8. The summed E-state index contributed by atoms with van der Waals surface area (Å²) >= 11 is 0. The SMILES string of the molecule is COc1ccc(C(N)C(=O)N2CCN(C(=O)Nc3ccc4[nH]ncc4c3)CC2)cc1. The molecule has 2 heterocycles. The molecule has 1 aliphatic rings. The second kappa shape index (κ2) is 8.42. The third-order valence-electron chi connectivity index (χ3n) is 5.31. The number of carbonyl (C=O) groups excluding carboxylic acids is 2. The van der Waals surface area contributed by atoms with Gasteiger partial charge in [-0.05, 0) is 35.9 Å². The zero-order valence-electron chi connectivity index (χ0n) is 16.7. The topological polar surface area (TPSA) is 117 Å². The highest BCUT2D eigenvalue weighted by Crippen LogP contribution is 2.20. The first-order chi connectivity index (χ1) is 14.5. The fourth-order valence-electron chi connectivity index (χ4n) is 3.50. The van der Waals surface area contributed by atoms with Gasteiger partial charge in [-0.15, -0.1) is 0 Å². The number of amides is 3. The predicted octanol–water partition coefficient (Wildman–Crippen LogP) is 1.95. The lowest BCUT2D eigenvalue weighted by molar-refractivity contribution is -0.134. The van der Waals surface area contributed by atoms with Crippen molar-refractivity contribution in [1.29, 1.82) is 0 Å². The number of piperazine rings is 1. The van der Waals surface area contributed by atoms with Crippen molar-refractivity contribution < 1.29 is 14.3 Å². The van der Waals surface area contributed by atoms with E-state index < -0.39 is 6.04 Å². The molecule has 3 aromatic rings. The van der Waals surface area contributed by atoms with Crippen molar-refractivity contribution in [3.63, 3.8) is 0 Å². The first-order valence-corrected chi connectivity index (χ1v) is 9.72. The molecule has 1 atom stereocenters. The third kappa shape index (κ3) is 4.06. The summed E-state index contributed by atoms with van der Waals surface area (Å²) < 4.78 is 5.14. The van der Waals surface area contributed by atoms with Gasteiger partial charge in [0.1, 0.15) is 11.8 Å². The first kappa shape index (κ1) is 19.7. The van der Waals surface area contributed by atoms with Gasteiger partial charge < -0.3 is 25.6 Å². The van der Waals surface area contributed by atoms with Crippen molar-refractivity contribution in [2.24, 2.45) is 5.73 Å². The van der Waals surface area contributed by atoms with E-state index in [1.807, 2.05) is 18.2 Å². The van der Waals surface area contributed by atoms with Crippen LogP contribution in [0.2, 0.25) is 0 Å². The van der Waals surface area contributed by atoms with Gasteiger partial charge in [0.05, 0.1) is 18.8 Å². The van der Waals surface area contributed by atoms with Crippen LogP contribution in [0, 0.1) is 0 Å². The largest absolute Gasteiger partial charge is 0.497 e. The fourth-order valence-corrected chi connectivity index (χ4v) is 3.50. The van der Waals surface area contributed by atoms with Gasteiger partial charge in [-0.3, -0.25) is 9.89 Å². The molecule has 3 amide bonds. The fraction of sp³-hybridized carbons (Fsp3) is 0.286. The number of methoxy groups -OCH3 is 1. The quantitative estimate of drug-likeness (QED) is 0.610. The minimum atomic E-state index is -0.738. The molecule has 0 saturated carbocycles. The number of anilines is 1. The van der Waals surface area contributed by atoms with Crippen molar-refractivity contribution in [2.75, 3.05) is 38.6 Å². The number of nitrogens with two attached hydrogens (primary N) is 1. The average Bonchev–Trinajstić information content (AvgIpc) is 3.26. The zero-order chi connectivity index (χ0) is 21.1. The Morgan fingerprint density at radius 1 is 1.10 bits per heavy atom. The van der Waals surface area contributed by atoms with Gasteiger partial charge in [0, 0.05) is 37.3 Å². The summed E-state index contributed by atoms with van der Waals surface area (Å²) in [6.07, 6.45) is 1.71. The molecule has 0 aliphatic carbocycles. The number of carbonyl (C=O) groups is 2. The standard InChI is InChI=1S/C21H24N6O3/c1-30-17-5-2-14(3-6-17)19(22)20(28)26-8-10-27(11-9-26)21(29)24-16-4-7-18-15(12-16)13-23-25-18/h2-7,12-13,19H,8-11,22H2,1H3,(H,23,25)(H,24,29). The smallest absolute Gasteiger partial charge is 0.321 e. The van der Waals surface area contributed by atoms with E-state index in [0.717, 1.165) is 16.5 Å². The highest BCUT2D eigenvalue weighted by molar-refractivity contribution is 5.92. The van der Waals surface area contributed by atoms with Gasteiger partial charge in [-0.25, -0.2) is 4.79 Å². The number of aromatic amines is 1. The summed E-state index contributed by atoms with van der Waals surface area (Å²) in [4.78, 5) is 28.7. The van der Waals surface area contributed by atoms with Gasteiger partial charge in [0.25, 0.3) is 0 Å². The number of hydrogen-bond donors (Lipinski definition) is 3. The zero-order valence-corrected chi connectivity index (χ0v) is 16.7. The van der Waals surface area contributed by atoms with Crippen LogP contribution >= 0.6 is 0 Å². The van der Waals surface area contributed by atoms with Crippen molar-refractivity contribution in [3.8, 4) is 5.75 Å². The second-order valence-electron chi connectivity index (χ2n) is 7.17. The van der Waals surface area contributed by atoms with Crippen LogP contribution in [0.3, 0.4) is 0 Å². The highest BCUT2D eigenvalue weighted by Gasteiger charge is 2.28. The maximum atomic E-state index is 12.8. The van der Waals surface area contributed by atoms with Gasteiger partial charge >= 0.3 is 6.03 Å². The molecule has 2 aromatic carbocycles. The molecular weight excluding hydrogens is 384 g/mol. The Morgan fingerprint density at radius 2 is 1.80 bits per heavy atom. The molecule has 156 valence electrons. The molecule has 0 spiro atoms. The van der Waals surface area contributed by atoms with Crippen LogP contribution < -0.4 is 15.8 Å². The summed E-state index contributed by atoms with van der Waals surface area (Å²) in [5, 5.41) is 10.7. The van der Waals surface area contributed by atoms with Crippen LogP contribution in [0.1, 0.15) is 11.6 Å². The molecule has 30 heavy (non-hydrogen) atoms. The Morgan fingerprint density at radius 3 is 2.50 bits per heavy atom. The second-order valence-corrected chi connectivity index (χ2v) is 7.17. The molecule has 1 saturated heterocycles. The van der Waals surface area contributed by atoms with Crippen molar-refractivity contribution in [3.05, 3.63) is 54.2 Å². The number of ether oxygens (including phenoxy) is 1. The molecule has 1 fully saturated rings. The molecule has 9 nitrogen and oxygen atoms in total. The van der Waals surface area contributed by atoms with E-state index in [1.165, 1.54) is 0 Å². The van der Waals surface area contributed by atoms with Gasteiger partial charge in [-0.2, -0.15) is 5.10 Å². The maximum Gasteiger partial charge on any atom is 0.321 e. The number of H-pyrrole nitrogens is 1. The minimum Gasteiger partial charge on any atom is -0.497 e. The van der Waals surface area contributed by atoms with E-state index in [4.69, 9.17) is 10.5 Å². The molecule has 1 unspecified atom stereocenters. The van der Waals surface area contributed by atoms with Crippen LogP contribution in [-0.4, -0.2) is 65.2 Å². The molecule has 0 bridgehead atoms. The minimum absolute atomic E-state index is 0.148. The Kier molecular flexibility index (Phi) is 5.53.